The van der Waals surface area contributed by atoms with Crippen molar-refractivity contribution in [2.45, 2.75) is 73.9 Å². The molecule has 144 valence electrons. The third-order valence-corrected chi connectivity index (χ3v) is 8.75. The fraction of sp³-hybridized carbons (Fsp3) is 1.00. The van der Waals surface area contributed by atoms with Gasteiger partial charge in [-0.15, -0.1) is 11.8 Å². The minimum Gasteiger partial charge on any atom is -0.396 e. The molecule has 0 aromatic heterocycles. The van der Waals surface area contributed by atoms with E-state index in [1.807, 2.05) is 0 Å². The zero-order valence-corrected chi connectivity index (χ0v) is 16.5. The maximum atomic E-state index is 9.47. The van der Waals surface area contributed by atoms with E-state index < -0.39 is 0 Å². The van der Waals surface area contributed by atoms with Crippen molar-refractivity contribution in [2.24, 2.45) is 17.8 Å². The number of aliphatic hydroxyl groups is 1. The van der Waals surface area contributed by atoms with Gasteiger partial charge >= 0.3 is 0 Å². The van der Waals surface area contributed by atoms with Gasteiger partial charge in [0.2, 0.25) is 0 Å². The zero-order valence-electron chi connectivity index (χ0n) is 15.7. The van der Waals surface area contributed by atoms with Gasteiger partial charge in [-0.25, -0.2) is 0 Å². The molecule has 0 spiro atoms. The summed E-state index contributed by atoms with van der Waals surface area (Å²) in [6, 6.07) is 0.726. The van der Waals surface area contributed by atoms with E-state index in [2.05, 4.69) is 41.4 Å². The highest BCUT2D eigenvalue weighted by Crippen LogP contribution is 2.55. The van der Waals surface area contributed by atoms with Crippen molar-refractivity contribution in [1.82, 2.24) is 15.5 Å². The van der Waals surface area contributed by atoms with Crippen LogP contribution in [0.15, 0.2) is 0 Å². The number of nitrogens with zero attached hydrogens (tertiary/aromatic N) is 1. The topological polar surface area (TPSA) is 56.8 Å². The third kappa shape index (κ3) is 3.76. The molecule has 2 aliphatic carbocycles. The first-order valence-corrected chi connectivity index (χ1v) is 11.2. The van der Waals surface area contributed by atoms with Crippen molar-refractivity contribution in [3.05, 3.63) is 0 Å². The maximum absolute atomic E-state index is 9.47. The van der Waals surface area contributed by atoms with Gasteiger partial charge in [-0.05, 0) is 70.9 Å². The van der Waals surface area contributed by atoms with Crippen LogP contribution < -0.4 is 10.6 Å². The van der Waals surface area contributed by atoms with Crippen molar-refractivity contribution >= 4 is 11.8 Å². The van der Waals surface area contributed by atoms with Gasteiger partial charge in [-0.3, -0.25) is 10.6 Å². The summed E-state index contributed by atoms with van der Waals surface area (Å²) in [4.78, 5) is 2.37. The van der Waals surface area contributed by atoms with Crippen LogP contribution in [0, 0.1) is 17.8 Å². The minimum absolute atomic E-state index is 0.189. The van der Waals surface area contributed by atoms with Crippen LogP contribution in [0.5, 0.6) is 0 Å². The van der Waals surface area contributed by atoms with Crippen LogP contribution in [-0.2, 0) is 4.74 Å². The monoisotopic (exact) mass is 369 g/mol. The Morgan fingerprint density at radius 2 is 1.84 bits per heavy atom. The van der Waals surface area contributed by atoms with E-state index in [0.29, 0.717) is 35.8 Å². The largest absolute Gasteiger partial charge is 0.396 e. The predicted octanol–water partition coefficient (Wildman–Crippen LogP) is 1.82. The van der Waals surface area contributed by atoms with Crippen molar-refractivity contribution in [3.8, 4) is 0 Å². The van der Waals surface area contributed by atoms with E-state index in [9.17, 15) is 5.11 Å². The number of hydrogen-bond acceptors (Lipinski definition) is 6. The van der Waals surface area contributed by atoms with Gasteiger partial charge < -0.3 is 14.7 Å². The molecule has 6 heteroatoms. The molecule has 2 saturated heterocycles. The first-order chi connectivity index (χ1) is 12.2. The molecule has 5 nitrogen and oxygen atoms in total. The highest BCUT2D eigenvalue weighted by molar-refractivity contribution is 8.00. The summed E-state index contributed by atoms with van der Waals surface area (Å²) < 4.78 is 6.66. The van der Waals surface area contributed by atoms with Crippen LogP contribution in [0.2, 0.25) is 0 Å². The second-order valence-corrected chi connectivity index (χ2v) is 10.0. The molecule has 4 rings (SSSR count). The molecular weight excluding hydrogens is 334 g/mol. The SMILES string of the molecule is CN(C)C1CCC(OC2NCNC3SC4CC[C@H](CCO)C4C23)CC1. The zero-order chi connectivity index (χ0) is 17.4. The molecule has 0 aromatic rings. The van der Waals surface area contributed by atoms with Gasteiger partial charge in [-0.2, -0.15) is 0 Å². The highest BCUT2D eigenvalue weighted by Gasteiger charge is 2.54. The van der Waals surface area contributed by atoms with Crippen LogP contribution in [0.25, 0.3) is 0 Å². The van der Waals surface area contributed by atoms with Crippen LogP contribution in [0.3, 0.4) is 0 Å². The molecule has 0 radical (unpaired) electrons. The molecule has 5 unspecified atom stereocenters. The minimum atomic E-state index is 0.189. The van der Waals surface area contributed by atoms with Crippen molar-refractivity contribution in [3.63, 3.8) is 0 Å². The van der Waals surface area contributed by atoms with Gasteiger partial charge in [0.1, 0.15) is 6.23 Å². The lowest BCUT2D eigenvalue weighted by Crippen LogP contribution is -2.58. The molecular formula is C19H35N3O2S. The number of rotatable bonds is 5. The number of hydrogen-bond donors (Lipinski definition) is 3. The molecule has 3 N–H and O–H groups in total. The number of aliphatic hydroxyl groups excluding tert-OH is 1. The second kappa shape index (κ2) is 8.03. The average molecular weight is 370 g/mol. The first kappa shape index (κ1) is 18.5. The van der Waals surface area contributed by atoms with E-state index in [4.69, 9.17) is 4.74 Å². The Labute approximate surface area is 156 Å². The number of thioether (sulfide) groups is 1. The molecule has 2 aliphatic heterocycles. The lowest BCUT2D eigenvalue weighted by atomic mass is 9.80. The van der Waals surface area contributed by atoms with Crippen molar-refractivity contribution in [1.29, 1.82) is 0 Å². The number of nitrogens with one attached hydrogen (secondary N) is 2. The van der Waals surface area contributed by atoms with E-state index in [0.717, 1.165) is 24.4 Å². The molecule has 25 heavy (non-hydrogen) atoms. The summed E-state index contributed by atoms with van der Waals surface area (Å²) in [5.41, 5.74) is 0. The van der Waals surface area contributed by atoms with E-state index in [-0.39, 0.29) is 6.23 Å². The first-order valence-electron chi connectivity index (χ1n) is 10.2. The quantitative estimate of drug-likeness (QED) is 0.687. The van der Waals surface area contributed by atoms with Crippen LogP contribution in [-0.4, -0.2) is 66.4 Å². The molecule has 2 heterocycles. The van der Waals surface area contributed by atoms with E-state index in [1.165, 1.54) is 38.5 Å². The maximum Gasteiger partial charge on any atom is 0.114 e. The fourth-order valence-corrected chi connectivity index (χ4v) is 7.68. The van der Waals surface area contributed by atoms with E-state index >= 15 is 0 Å². The Balaban J connectivity index is 1.39. The van der Waals surface area contributed by atoms with E-state index in [1.54, 1.807) is 0 Å². The number of fused-ring (bicyclic) bond motifs is 3. The summed E-state index contributed by atoms with van der Waals surface area (Å²) >= 11 is 2.15. The molecule has 6 atom stereocenters. The summed E-state index contributed by atoms with van der Waals surface area (Å²) in [5.74, 6) is 1.93. The fourth-order valence-electron chi connectivity index (χ4n) is 5.76. The number of ether oxygens (including phenoxy) is 1. The molecule has 2 saturated carbocycles. The normalized spacial score (nSPS) is 47.0. The molecule has 0 bridgehead atoms. The van der Waals surface area contributed by atoms with Gasteiger partial charge in [0.25, 0.3) is 0 Å². The Bertz CT molecular complexity index is 442. The Kier molecular flexibility index (Phi) is 5.94. The third-order valence-electron chi connectivity index (χ3n) is 7.08. The van der Waals surface area contributed by atoms with Gasteiger partial charge in [-0.1, -0.05) is 0 Å². The van der Waals surface area contributed by atoms with Crippen LogP contribution in [0.4, 0.5) is 0 Å². The molecule has 0 amide bonds. The highest BCUT2D eigenvalue weighted by atomic mass is 32.2. The van der Waals surface area contributed by atoms with Crippen LogP contribution >= 0.6 is 11.8 Å². The average Bonchev–Trinajstić information content (AvgIpc) is 3.16. The Hall–Kier alpha value is 0.150. The van der Waals surface area contributed by atoms with Gasteiger partial charge in [0, 0.05) is 30.5 Å². The summed E-state index contributed by atoms with van der Waals surface area (Å²) in [5, 5.41) is 18.0. The Morgan fingerprint density at radius 3 is 2.56 bits per heavy atom. The Morgan fingerprint density at radius 1 is 1.04 bits per heavy atom. The smallest absolute Gasteiger partial charge is 0.114 e. The van der Waals surface area contributed by atoms with Crippen molar-refractivity contribution in [2.75, 3.05) is 27.4 Å². The van der Waals surface area contributed by atoms with Crippen LogP contribution in [0.1, 0.15) is 44.9 Å². The van der Waals surface area contributed by atoms with Gasteiger partial charge in [0.15, 0.2) is 0 Å². The standard InChI is InChI=1S/C19H35N3O2S/c1-22(2)13-4-6-14(7-5-13)24-18-17-16-12(9-10-23)3-8-15(16)25-19(17)21-11-20-18/h12-21,23H,3-11H2,1-2H3/t12-,13?,14?,15?,16?,17?,18?,19?/m1/s1. The van der Waals surface area contributed by atoms with Gasteiger partial charge in [0.05, 0.1) is 11.5 Å². The lowest BCUT2D eigenvalue weighted by Gasteiger charge is -2.42. The summed E-state index contributed by atoms with van der Waals surface area (Å²) in [6.45, 7) is 1.19. The second-order valence-electron chi connectivity index (χ2n) is 8.64. The lowest BCUT2D eigenvalue weighted by molar-refractivity contribution is -0.104. The molecule has 4 fully saturated rings. The van der Waals surface area contributed by atoms with Crippen molar-refractivity contribution < 1.29 is 9.84 Å². The molecule has 0 aromatic carbocycles. The molecule has 4 aliphatic rings. The summed E-state index contributed by atoms with van der Waals surface area (Å²) in [7, 11) is 4.39. The predicted molar refractivity (Wildman–Crippen MR) is 102 cm³/mol. The summed E-state index contributed by atoms with van der Waals surface area (Å²) in [6.07, 6.45) is 9.05.